The third-order valence-corrected chi connectivity index (χ3v) is 5.05. The van der Waals surface area contributed by atoms with E-state index >= 15 is 0 Å². The van der Waals surface area contributed by atoms with Crippen LogP contribution in [0.3, 0.4) is 0 Å². The summed E-state index contributed by atoms with van der Waals surface area (Å²) in [5, 5.41) is 4.02. The maximum atomic E-state index is 12.4. The molecule has 0 bridgehead atoms. The van der Waals surface area contributed by atoms with Crippen molar-refractivity contribution in [2.24, 2.45) is 5.10 Å². The number of amides is 1. The molecule has 26 heavy (non-hydrogen) atoms. The Balaban J connectivity index is 1.52. The number of hydrogen-bond donors (Lipinski definition) is 1. The van der Waals surface area contributed by atoms with E-state index in [1.54, 1.807) is 30.4 Å². The Morgan fingerprint density at radius 2 is 1.73 bits per heavy atom. The number of pyridine rings is 1. The van der Waals surface area contributed by atoms with E-state index in [1.165, 1.54) is 0 Å². The van der Waals surface area contributed by atoms with Gasteiger partial charge in [-0.15, -0.1) is 0 Å². The highest BCUT2D eigenvalue weighted by Gasteiger charge is 2.24. The normalized spacial score (nSPS) is 12.5. The summed E-state index contributed by atoms with van der Waals surface area (Å²) in [6, 6.07) is 19.9. The number of nitrogens with zero attached hydrogens (tertiary/aromatic N) is 3. The molecule has 0 unspecified atom stereocenters. The second-order valence-corrected chi connectivity index (χ2v) is 6.79. The van der Waals surface area contributed by atoms with Gasteiger partial charge in [0.1, 0.15) is 6.54 Å². The van der Waals surface area contributed by atoms with Crippen molar-refractivity contribution in [1.29, 1.82) is 0 Å². The minimum Gasteiger partial charge on any atom is -0.330 e. The van der Waals surface area contributed by atoms with Crippen LogP contribution in [0.5, 0.6) is 0 Å². The molecule has 2 aromatic carbocycles. The maximum Gasteiger partial charge on any atom is 0.260 e. The predicted octanol–water partition coefficient (Wildman–Crippen LogP) is 3.83. The average molecular weight is 360 g/mol. The number of anilines is 2. The average Bonchev–Trinajstić information content (AvgIpc) is 2.68. The number of hydrazone groups is 1. The van der Waals surface area contributed by atoms with Crippen molar-refractivity contribution in [2.45, 2.75) is 9.79 Å². The Bertz CT molecular complexity index is 913. The van der Waals surface area contributed by atoms with E-state index in [0.717, 1.165) is 26.7 Å². The summed E-state index contributed by atoms with van der Waals surface area (Å²) in [7, 11) is 0. The second-order valence-electron chi connectivity index (χ2n) is 5.70. The van der Waals surface area contributed by atoms with Gasteiger partial charge in [-0.25, -0.2) is 5.43 Å². The lowest BCUT2D eigenvalue weighted by Crippen LogP contribution is -2.33. The minimum absolute atomic E-state index is 0.179. The molecule has 0 radical (unpaired) electrons. The molecule has 0 aliphatic carbocycles. The summed E-state index contributed by atoms with van der Waals surface area (Å²) in [4.78, 5) is 20.7. The van der Waals surface area contributed by atoms with Crippen LogP contribution >= 0.6 is 11.8 Å². The van der Waals surface area contributed by atoms with Crippen molar-refractivity contribution in [1.82, 2.24) is 10.4 Å². The highest BCUT2D eigenvalue weighted by Crippen LogP contribution is 2.47. The molecule has 2 heterocycles. The number of fused-ring (bicyclic) bond motifs is 2. The first-order valence-electron chi connectivity index (χ1n) is 8.16. The Kier molecular flexibility index (Phi) is 4.66. The van der Waals surface area contributed by atoms with Crippen LogP contribution in [-0.4, -0.2) is 23.7 Å². The van der Waals surface area contributed by atoms with E-state index < -0.39 is 0 Å². The van der Waals surface area contributed by atoms with Crippen molar-refractivity contribution in [3.8, 4) is 0 Å². The number of nitrogens with one attached hydrogen (secondary N) is 1. The fourth-order valence-corrected chi connectivity index (χ4v) is 3.86. The van der Waals surface area contributed by atoms with Crippen LogP contribution in [0.15, 0.2) is 87.9 Å². The summed E-state index contributed by atoms with van der Waals surface area (Å²) in [6.45, 7) is 0.193. The highest BCUT2D eigenvalue weighted by atomic mass is 32.2. The summed E-state index contributed by atoms with van der Waals surface area (Å²) in [5.74, 6) is -0.179. The molecule has 0 atom stereocenters. The number of carbonyl (C=O) groups excluding carboxylic acids is 1. The lowest BCUT2D eigenvalue weighted by Gasteiger charge is -2.31. The van der Waals surface area contributed by atoms with Gasteiger partial charge >= 0.3 is 0 Å². The van der Waals surface area contributed by atoms with Gasteiger partial charge in [-0.2, -0.15) is 5.10 Å². The van der Waals surface area contributed by atoms with Crippen molar-refractivity contribution in [3.05, 3.63) is 78.6 Å². The Labute approximate surface area is 155 Å². The molecular weight excluding hydrogens is 344 g/mol. The van der Waals surface area contributed by atoms with Crippen LogP contribution in [0.1, 0.15) is 5.56 Å². The van der Waals surface area contributed by atoms with Gasteiger partial charge in [-0.05, 0) is 30.3 Å². The zero-order valence-corrected chi connectivity index (χ0v) is 14.7. The molecule has 0 saturated carbocycles. The number of hydrogen-bond acceptors (Lipinski definition) is 5. The number of rotatable bonds is 4. The van der Waals surface area contributed by atoms with E-state index in [2.05, 4.69) is 27.6 Å². The number of benzene rings is 2. The third-order valence-electron chi connectivity index (χ3n) is 3.92. The molecule has 1 aromatic heterocycles. The molecule has 0 saturated heterocycles. The van der Waals surface area contributed by atoms with Crippen LogP contribution in [0.4, 0.5) is 11.4 Å². The summed E-state index contributed by atoms with van der Waals surface area (Å²) >= 11 is 1.72. The molecule has 1 amide bonds. The van der Waals surface area contributed by atoms with Crippen molar-refractivity contribution in [2.75, 3.05) is 11.4 Å². The molecule has 1 aliphatic heterocycles. The van der Waals surface area contributed by atoms with Crippen LogP contribution in [0.25, 0.3) is 0 Å². The van der Waals surface area contributed by atoms with E-state index in [0.29, 0.717) is 0 Å². The fourth-order valence-electron chi connectivity index (χ4n) is 2.76. The first-order valence-corrected chi connectivity index (χ1v) is 8.98. The third kappa shape index (κ3) is 3.45. The van der Waals surface area contributed by atoms with E-state index in [1.807, 2.05) is 53.4 Å². The minimum atomic E-state index is -0.179. The lowest BCUT2D eigenvalue weighted by atomic mass is 10.2. The smallest absolute Gasteiger partial charge is 0.260 e. The Morgan fingerprint density at radius 1 is 1.04 bits per heavy atom. The van der Waals surface area contributed by atoms with Gasteiger partial charge in [0.2, 0.25) is 0 Å². The summed E-state index contributed by atoms with van der Waals surface area (Å²) in [6.07, 6.45) is 4.96. The maximum absolute atomic E-state index is 12.4. The van der Waals surface area contributed by atoms with Crippen LogP contribution in [-0.2, 0) is 4.79 Å². The Morgan fingerprint density at radius 3 is 2.38 bits per heavy atom. The first-order chi connectivity index (χ1) is 12.8. The van der Waals surface area contributed by atoms with Crippen LogP contribution in [0.2, 0.25) is 0 Å². The van der Waals surface area contributed by atoms with Crippen molar-refractivity contribution >= 4 is 35.3 Å². The predicted molar refractivity (Wildman–Crippen MR) is 104 cm³/mol. The molecule has 6 heteroatoms. The molecule has 0 fully saturated rings. The van der Waals surface area contributed by atoms with Gasteiger partial charge in [-0.1, -0.05) is 42.1 Å². The monoisotopic (exact) mass is 360 g/mol. The van der Waals surface area contributed by atoms with Crippen molar-refractivity contribution < 1.29 is 4.79 Å². The van der Waals surface area contributed by atoms with Gasteiger partial charge < -0.3 is 4.90 Å². The van der Waals surface area contributed by atoms with Gasteiger partial charge in [0.15, 0.2) is 0 Å². The molecule has 1 N–H and O–H groups in total. The van der Waals surface area contributed by atoms with Gasteiger partial charge in [0, 0.05) is 27.7 Å². The number of carbonyl (C=O) groups is 1. The fraction of sp³-hybridized carbons (Fsp3) is 0.0500. The highest BCUT2D eigenvalue weighted by molar-refractivity contribution is 7.99. The second kappa shape index (κ2) is 7.41. The van der Waals surface area contributed by atoms with E-state index in [9.17, 15) is 4.79 Å². The zero-order valence-electron chi connectivity index (χ0n) is 13.9. The lowest BCUT2D eigenvalue weighted by molar-refractivity contribution is -0.119. The topological polar surface area (TPSA) is 57.6 Å². The molecule has 4 rings (SSSR count). The summed E-state index contributed by atoms with van der Waals surface area (Å²) < 4.78 is 0. The van der Waals surface area contributed by atoms with Crippen LogP contribution < -0.4 is 10.3 Å². The Hall–Kier alpha value is -3.12. The van der Waals surface area contributed by atoms with Crippen LogP contribution in [0, 0.1) is 0 Å². The first kappa shape index (κ1) is 16.4. The van der Waals surface area contributed by atoms with Crippen molar-refractivity contribution in [3.63, 3.8) is 0 Å². The summed E-state index contributed by atoms with van der Waals surface area (Å²) in [5.41, 5.74) is 5.49. The molecule has 0 spiro atoms. The standard InChI is InChI=1S/C20H16N4OS/c25-20(23-22-13-15-6-5-11-21-12-15)14-24-16-7-1-3-9-18(16)26-19-10-4-2-8-17(19)24/h1-13H,14H2,(H,23,25). The molecule has 3 aromatic rings. The SMILES string of the molecule is O=C(CN1c2ccccc2Sc2ccccc21)NN=Cc1cccnc1. The zero-order chi connectivity index (χ0) is 17.8. The number of para-hydroxylation sites is 2. The molecular formula is C20H16N4OS. The molecule has 1 aliphatic rings. The van der Waals surface area contributed by atoms with Gasteiger partial charge in [0.05, 0.1) is 17.6 Å². The quantitative estimate of drug-likeness (QED) is 0.567. The van der Waals surface area contributed by atoms with E-state index in [4.69, 9.17) is 0 Å². The van der Waals surface area contributed by atoms with Gasteiger partial charge in [-0.3, -0.25) is 9.78 Å². The largest absolute Gasteiger partial charge is 0.330 e. The van der Waals surface area contributed by atoms with E-state index in [-0.39, 0.29) is 12.5 Å². The number of aromatic nitrogens is 1. The molecule has 5 nitrogen and oxygen atoms in total. The molecule has 128 valence electrons. The van der Waals surface area contributed by atoms with Gasteiger partial charge in [0.25, 0.3) is 5.91 Å².